The minimum absolute atomic E-state index is 0.106. The second kappa shape index (κ2) is 9.60. The number of nitro groups is 2. The molecule has 0 aliphatic carbocycles. The summed E-state index contributed by atoms with van der Waals surface area (Å²) in [5, 5.41) is 24.5. The van der Waals surface area contributed by atoms with Crippen LogP contribution in [0, 0.1) is 26.1 Å². The number of nitro benzene ring substituents is 2. The van der Waals surface area contributed by atoms with Gasteiger partial charge in [-0.05, 0) is 26.2 Å². The molecule has 2 amide bonds. The van der Waals surface area contributed by atoms with Gasteiger partial charge in [-0.1, -0.05) is 13.8 Å². The average Bonchev–Trinajstić information content (AvgIpc) is 2.61. The molecule has 1 atom stereocenters. The number of hydrogen-bond acceptors (Lipinski definition) is 6. The number of non-ortho nitro benzene ring substituents is 2. The van der Waals surface area contributed by atoms with E-state index in [-0.39, 0.29) is 17.4 Å². The van der Waals surface area contributed by atoms with Crippen LogP contribution in [0.4, 0.5) is 11.4 Å². The van der Waals surface area contributed by atoms with Gasteiger partial charge in [0, 0.05) is 25.2 Å². The third kappa shape index (κ3) is 6.01. The lowest BCUT2D eigenvalue weighted by atomic mass is 10.0. The van der Waals surface area contributed by atoms with Crippen LogP contribution in [0.2, 0.25) is 0 Å². The molecule has 0 radical (unpaired) electrons. The number of nitrogens with one attached hydrogen (secondary N) is 1. The van der Waals surface area contributed by atoms with Gasteiger partial charge in [0.15, 0.2) is 0 Å². The van der Waals surface area contributed by atoms with Crippen LogP contribution >= 0.6 is 0 Å². The highest BCUT2D eigenvalue weighted by molar-refractivity contribution is 5.98. The van der Waals surface area contributed by atoms with E-state index in [1.807, 2.05) is 27.7 Å². The molecule has 10 heteroatoms. The van der Waals surface area contributed by atoms with Crippen LogP contribution in [0.5, 0.6) is 0 Å². The van der Waals surface area contributed by atoms with Gasteiger partial charge in [0.1, 0.15) is 6.04 Å². The Morgan fingerprint density at radius 1 is 1.04 bits per heavy atom. The summed E-state index contributed by atoms with van der Waals surface area (Å²) in [5.41, 5.74) is -1.37. The maximum Gasteiger partial charge on any atom is 0.277 e. The summed E-state index contributed by atoms with van der Waals surface area (Å²) in [6.07, 6.45) is 0.373. The number of carbonyl (C=O) groups is 2. The second-order valence-electron chi connectivity index (χ2n) is 6.42. The fraction of sp³-hybridized carbons (Fsp3) is 0.529. The monoisotopic (exact) mass is 380 g/mol. The number of likely N-dealkylation sites (N-methyl/N-ethyl adjacent to an activating group) is 1. The smallest absolute Gasteiger partial charge is 0.277 e. The second-order valence-corrected chi connectivity index (χ2v) is 6.42. The van der Waals surface area contributed by atoms with Crippen LogP contribution in [0.15, 0.2) is 18.2 Å². The van der Waals surface area contributed by atoms with Crippen molar-refractivity contribution in [2.45, 2.75) is 40.2 Å². The summed E-state index contributed by atoms with van der Waals surface area (Å²) in [6.45, 7) is 8.38. The van der Waals surface area contributed by atoms with Crippen molar-refractivity contribution in [3.8, 4) is 0 Å². The van der Waals surface area contributed by atoms with Gasteiger partial charge in [0.25, 0.3) is 17.3 Å². The van der Waals surface area contributed by atoms with Gasteiger partial charge < -0.3 is 10.2 Å². The van der Waals surface area contributed by atoms with E-state index in [2.05, 4.69) is 5.32 Å². The van der Waals surface area contributed by atoms with Gasteiger partial charge in [-0.3, -0.25) is 29.8 Å². The van der Waals surface area contributed by atoms with Crippen molar-refractivity contribution in [1.29, 1.82) is 0 Å². The van der Waals surface area contributed by atoms with Crippen molar-refractivity contribution in [2.24, 2.45) is 5.92 Å². The van der Waals surface area contributed by atoms with Gasteiger partial charge in [0.05, 0.1) is 21.5 Å². The zero-order valence-electron chi connectivity index (χ0n) is 15.8. The topological polar surface area (TPSA) is 136 Å². The Morgan fingerprint density at radius 3 is 1.89 bits per heavy atom. The molecule has 1 N–H and O–H groups in total. The molecule has 1 rings (SSSR count). The van der Waals surface area contributed by atoms with E-state index in [1.54, 1.807) is 4.90 Å². The Labute approximate surface area is 156 Å². The zero-order valence-corrected chi connectivity index (χ0v) is 15.8. The molecule has 0 aliphatic heterocycles. The van der Waals surface area contributed by atoms with Gasteiger partial charge in [0.2, 0.25) is 5.91 Å². The van der Waals surface area contributed by atoms with Crippen LogP contribution in [0.1, 0.15) is 44.5 Å². The molecule has 0 fully saturated rings. The van der Waals surface area contributed by atoms with Crippen molar-refractivity contribution in [3.63, 3.8) is 0 Å². The number of rotatable bonds is 9. The van der Waals surface area contributed by atoms with Gasteiger partial charge in [-0.2, -0.15) is 0 Å². The average molecular weight is 380 g/mol. The van der Waals surface area contributed by atoms with Crippen LogP contribution in [-0.2, 0) is 4.79 Å². The van der Waals surface area contributed by atoms with Crippen molar-refractivity contribution in [1.82, 2.24) is 10.2 Å². The summed E-state index contributed by atoms with van der Waals surface area (Å²) in [7, 11) is 0. The first kappa shape index (κ1) is 22.0. The molecule has 0 saturated heterocycles. The van der Waals surface area contributed by atoms with E-state index < -0.39 is 33.2 Å². The Kier molecular flexibility index (Phi) is 7.82. The van der Waals surface area contributed by atoms with Crippen LogP contribution < -0.4 is 5.32 Å². The molecule has 0 saturated carbocycles. The van der Waals surface area contributed by atoms with Crippen LogP contribution in [0.25, 0.3) is 0 Å². The van der Waals surface area contributed by atoms with Crippen molar-refractivity contribution >= 4 is 23.2 Å². The first-order valence-electron chi connectivity index (χ1n) is 8.64. The number of carbonyl (C=O) groups excluding carboxylic acids is 2. The van der Waals surface area contributed by atoms with Crippen molar-refractivity contribution < 1.29 is 19.4 Å². The standard InChI is InChI=1S/C17H24N4O6/c1-5-19(6-2)17(23)15(7-11(3)4)18-16(22)12-8-13(20(24)25)10-14(9-12)21(26)27/h8-11,15H,5-7H2,1-4H3,(H,18,22)/t15-/m0/s1. The Balaban J connectivity index is 3.19. The lowest BCUT2D eigenvalue weighted by molar-refractivity contribution is -0.394. The molecular formula is C17H24N4O6. The molecule has 0 spiro atoms. The zero-order chi connectivity index (χ0) is 20.7. The SMILES string of the molecule is CCN(CC)C(=O)[C@H](CC(C)C)NC(=O)c1cc([N+](=O)[O-])cc([N+](=O)[O-])c1. The van der Waals surface area contributed by atoms with E-state index in [9.17, 15) is 29.8 Å². The van der Waals surface area contributed by atoms with E-state index in [4.69, 9.17) is 0 Å². The van der Waals surface area contributed by atoms with Gasteiger partial charge >= 0.3 is 0 Å². The molecule has 1 aromatic carbocycles. The number of amides is 2. The third-order valence-electron chi connectivity index (χ3n) is 3.97. The quantitative estimate of drug-likeness (QED) is 0.516. The molecule has 0 aromatic heterocycles. The third-order valence-corrected chi connectivity index (χ3v) is 3.97. The molecule has 27 heavy (non-hydrogen) atoms. The minimum atomic E-state index is -0.823. The summed E-state index contributed by atoms with van der Waals surface area (Å²) in [4.78, 5) is 47.1. The molecule has 0 unspecified atom stereocenters. The molecule has 0 heterocycles. The largest absolute Gasteiger partial charge is 0.341 e. The van der Waals surface area contributed by atoms with Crippen molar-refractivity contribution in [3.05, 3.63) is 44.0 Å². The van der Waals surface area contributed by atoms with E-state index >= 15 is 0 Å². The normalized spacial score (nSPS) is 11.7. The van der Waals surface area contributed by atoms with Gasteiger partial charge in [-0.25, -0.2) is 0 Å². The fourth-order valence-electron chi connectivity index (χ4n) is 2.63. The fourth-order valence-corrected chi connectivity index (χ4v) is 2.63. The molecule has 0 aliphatic rings. The Morgan fingerprint density at radius 2 is 1.52 bits per heavy atom. The molecule has 148 valence electrons. The Bertz CT molecular complexity index is 698. The molecular weight excluding hydrogens is 356 g/mol. The maximum absolute atomic E-state index is 12.7. The molecule has 10 nitrogen and oxygen atoms in total. The van der Waals surface area contributed by atoms with Gasteiger partial charge in [-0.15, -0.1) is 0 Å². The number of benzene rings is 1. The summed E-state index contributed by atoms with van der Waals surface area (Å²) in [5.74, 6) is -0.927. The van der Waals surface area contributed by atoms with Crippen LogP contribution in [0.3, 0.4) is 0 Å². The molecule has 1 aromatic rings. The highest BCUT2D eigenvalue weighted by Crippen LogP contribution is 2.23. The van der Waals surface area contributed by atoms with E-state index in [0.29, 0.717) is 19.5 Å². The summed E-state index contributed by atoms with van der Waals surface area (Å²) >= 11 is 0. The Hall–Kier alpha value is -3.04. The van der Waals surface area contributed by atoms with Crippen molar-refractivity contribution in [2.75, 3.05) is 13.1 Å². The number of nitrogens with zero attached hydrogens (tertiary/aromatic N) is 3. The van der Waals surface area contributed by atoms with E-state index in [1.165, 1.54) is 0 Å². The first-order chi connectivity index (χ1) is 12.6. The van der Waals surface area contributed by atoms with E-state index in [0.717, 1.165) is 18.2 Å². The highest BCUT2D eigenvalue weighted by atomic mass is 16.6. The lowest BCUT2D eigenvalue weighted by Crippen LogP contribution is -2.49. The predicted octanol–water partition coefficient (Wildman–Crippen LogP) is 2.52. The molecule has 0 bridgehead atoms. The van der Waals surface area contributed by atoms with Crippen LogP contribution in [-0.4, -0.2) is 45.7 Å². The lowest BCUT2D eigenvalue weighted by Gasteiger charge is -2.27. The predicted molar refractivity (Wildman–Crippen MR) is 98.4 cm³/mol. The number of hydrogen-bond donors (Lipinski definition) is 1. The minimum Gasteiger partial charge on any atom is -0.341 e. The first-order valence-corrected chi connectivity index (χ1v) is 8.64. The highest BCUT2D eigenvalue weighted by Gasteiger charge is 2.27. The summed E-state index contributed by atoms with van der Waals surface area (Å²) < 4.78 is 0. The maximum atomic E-state index is 12.7. The summed E-state index contributed by atoms with van der Waals surface area (Å²) in [6, 6.07) is 1.87.